The molecule has 1 aliphatic rings. The van der Waals surface area contributed by atoms with Gasteiger partial charge in [-0.2, -0.15) is 5.06 Å². The molecular weight excluding hydrogens is 206 g/mol. The van der Waals surface area contributed by atoms with Crippen LogP contribution in [-0.4, -0.2) is 38.9 Å². The van der Waals surface area contributed by atoms with Crippen LogP contribution in [0.4, 0.5) is 0 Å². The minimum absolute atomic E-state index is 0.148. The van der Waals surface area contributed by atoms with E-state index in [9.17, 15) is 19.2 Å². The molecule has 0 unspecified atom stereocenters. The molecule has 0 radical (unpaired) electrons. The molecule has 2 amide bonds. The fourth-order valence-electron chi connectivity index (χ4n) is 0.778. The number of carboxylic acids is 1. The van der Waals surface area contributed by atoms with Crippen LogP contribution >= 0.6 is 0 Å². The van der Waals surface area contributed by atoms with Gasteiger partial charge in [-0.15, -0.1) is 0 Å². The Morgan fingerprint density at radius 3 is 1.73 bits per heavy atom. The van der Waals surface area contributed by atoms with Gasteiger partial charge in [0, 0.05) is 12.8 Å². The summed E-state index contributed by atoms with van der Waals surface area (Å²) in [6, 6.07) is 0. The van der Waals surface area contributed by atoms with Crippen molar-refractivity contribution >= 4 is 23.6 Å². The van der Waals surface area contributed by atoms with Gasteiger partial charge >= 0.3 is 5.97 Å². The molecule has 0 atom stereocenters. The van der Waals surface area contributed by atoms with Crippen LogP contribution in [0.3, 0.4) is 0 Å². The van der Waals surface area contributed by atoms with Crippen molar-refractivity contribution in [2.75, 3.05) is 0 Å². The van der Waals surface area contributed by atoms with Crippen molar-refractivity contribution < 1.29 is 29.5 Å². The Morgan fingerprint density at radius 1 is 1.27 bits per heavy atom. The molecule has 7 heteroatoms. The predicted molar refractivity (Wildman–Crippen MR) is 45.8 cm³/mol. The number of rotatable bonds is 2. The molecule has 0 aromatic rings. The fourth-order valence-corrected chi connectivity index (χ4v) is 0.778. The quantitative estimate of drug-likeness (QED) is 0.369. The second-order valence-electron chi connectivity index (χ2n) is 2.87. The number of hydrogen-bond acceptors (Lipinski definition) is 5. The lowest BCUT2D eigenvalue weighted by Crippen LogP contribution is -2.24. The molecule has 1 saturated heterocycles. The molecule has 15 heavy (non-hydrogen) atoms. The van der Waals surface area contributed by atoms with Crippen LogP contribution in [0.15, 0.2) is 0 Å². The van der Waals surface area contributed by atoms with Gasteiger partial charge in [0.2, 0.25) is 0 Å². The second kappa shape index (κ2) is 5.86. The Kier molecular flexibility index (Phi) is 5.18. The molecule has 0 aromatic carbocycles. The van der Waals surface area contributed by atoms with E-state index in [0.29, 0.717) is 0 Å². The van der Waals surface area contributed by atoms with E-state index in [-0.39, 0.29) is 30.1 Å². The number of nitrogens with zero attached hydrogens (tertiary/aromatic N) is 1. The van der Waals surface area contributed by atoms with E-state index in [4.69, 9.17) is 10.3 Å². The van der Waals surface area contributed by atoms with Gasteiger partial charge in [0.15, 0.2) is 0 Å². The van der Waals surface area contributed by atoms with Crippen LogP contribution in [0.1, 0.15) is 26.2 Å². The number of carbonyl (C=O) groups excluding carboxylic acids is 3. The number of hydroxylamine groups is 2. The highest BCUT2D eigenvalue weighted by molar-refractivity contribution is 6.00. The lowest BCUT2D eigenvalue weighted by atomic mass is 10.3. The summed E-state index contributed by atoms with van der Waals surface area (Å²) in [6.45, 7) is 1.24. The summed E-state index contributed by atoms with van der Waals surface area (Å²) in [6.07, 6.45) is -0.0648. The smallest absolute Gasteiger partial charge is 0.310 e. The number of hydrogen-bond donors (Lipinski definition) is 2. The third kappa shape index (κ3) is 5.53. The summed E-state index contributed by atoms with van der Waals surface area (Å²) in [5.41, 5.74) is 0. The molecule has 7 nitrogen and oxygen atoms in total. The van der Waals surface area contributed by atoms with Crippen molar-refractivity contribution in [3.8, 4) is 0 Å². The molecule has 84 valence electrons. The Labute approximate surface area is 85.2 Å². The zero-order valence-electron chi connectivity index (χ0n) is 8.10. The summed E-state index contributed by atoms with van der Waals surface area (Å²) < 4.78 is 0. The van der Waals surface area contributed by atoms with Gasteiger partial charge in [-0.3, -0.25) is 24.4 Å². The van der Waals surface area contributed by atoms with E-state index in [0.717, 1.165) is 0 Å². The lowest BCUT2D eigenvalue weighted by molar-refractivity contribution is -0.171. The minimum Gasteiger partial charge on any atom is -0.481 e. The summed E-state index contributed by atoms with van der Waals surface area (Å²) in [5.74, 6) is -2.38. The summed E-state index contributed by atoms with van der Waals surface area (Å²) in [4.78, 5) is 39.9. The highest BCUT2D eigenvalue weighted by Gasteiger charge is 2.26. The minimum atomic E-state index is -1.06. The summed E-state index contributed by atoms with van der Waals surface area (Å²) >= 11 is 0. The number of amides is 2. The third-order valence-electron chi connectivity index (χ3n) is 1.43. The van der Waals surface area contributed by atoms with E-state index < -0.39 is 17.8 Å². The predicted octanol–water partition coefficient (Wildman–Crippen LogP) is -0.425. The van der Waals surface area contributed by atoms with E-state index >= 15 is 0 Å². The zero-order valence-corrected chi connectivity index (χ0v) is 8.10. The first-order valence-electron chi connectivity index (χ1n) is 4.10. The molecule has 1 aliphatic heterocycles. The normalized spacial score (nSPS) is 14.7. The standard InChI is InChI=1S/C4H5NO3.C4H6O3/c6-3-1-2-4(7)5(3)8;1-3(5)2-4(6)7/h8H,1-2H2;2H2,1H3,(H,6,7). The van der Waals surface area contributed by atoms with Crippen molar-refractivity contribution in [2.24, 2.45) is 0 Å². The Morgan fingerprint density at radius 2 is 1.67 bits per heavy atom. The average molecular weight is 217 g/mol. The molecular formula is C8H11NO6. The van der Waals surface area contributed by atoms with Crippen molar-refractivity contribution in [3.63, 3.8) is 0 Å². The maximum atomic E-state index is 10.2. The van der Waals surface area contributed by atoms with Crippen LogP contribution in [0.2, 0.25) is 0 Å². The van der Waals surface area contributed by atoms with Crippen LogP contribution in [0.25, 0.3) is 0 Å². The number of carboxylic acid groups (broad SMARTS) is 1. The number of aliphatic carboxylic acids is 1. The Hall–Kier alpha value is -1.76. The van der Waals surface area contributed by atoms with Crippen molar-refractivity contribution in [1.29, 1.82) is 0 Å². The highest BCUT2D eigenvalue weighted by Crippen LogP contribution is 2.06. The topological polar surface area (TPSA) is 112 Å². The fraction of sp³-hybridized carbons (Fsp3) is 0.500. The van der Waals surface area contributed by atoms with Gasteiger partial charge in [-0.05, 0) is 6.92 Å². The van der Waals surface area contributed by atoms with Gasteiger partial charge in [-0.25, -0.2) is 0 Å². The zero-order chi connectivity index (χ0) is 12.0. The average Bonchev–Trinajstić information content (AvgIpc) is 2.35. The summed E-state index contributed by atoms with van der Waals surface area (Å²) in [7, 11) is 0. The number of Topliss-reactive ketones (excluding diaryl/α,β-unsaturated/α-hetero) is 1. The van der Waals surface area contributed by atoms with E-state index in [2.05, 4.69) is 0 Å². The Balaban J connectivity index is 0.000000265. The van der Waals surface area contributed by atoms with Crippen molar-refractivity contribution in [1.82, 2.24) is 5.06 Å². The molecule has 2 N–H and O–H groups in total. The van der Waals surface area contributed by atoms with E-state index in [1.807, 2.05) is 0 Å². The first kappa shape index (κ1) is 13.2. The molecule has 0 aliphatic carbocycles. The number of ketones is 1. The maximum Gasteiger partial charge on any atom is 0.310 e. The first-order chi connectivity index (χ1) is 6.84. The highest BCUT2D eigenvalue weighted by atomic mass is 16.5. The van der Waals surface area contributed by atoms with Crippen LogP contribution < -0.4 is 0 Å². The maximum absolute atomic E-state index is 10.2. The lowest BCUT2D eigenvalue weighted by Gasteiger charge is -1.98. The van der Waals surface area contributed by atoms with Crippen LogP contribution in [-0.2, 0) is 19.2 Å². The van der Waals surface area contributed by atoms with E-state index in [1.54, 1.807) is 0 Å². The number of imide groups is 1. The SMILES string of the molecule is CC(=O)CC(=O)O.O=C1CCC(=O)N1O. The number of carbonyl (C=O) groups is 4. The van der Waals surface area contributed by atoms with Gasteiger partial charge < -0.3 is 5.11 Å². The largest absolute Gasteiger partial charge is 0.481 e. The molecule has 1 heterocycles. The van der Waals surface area contributed by atoms with Gasteiger partial charge in [-0.1, -0.05) is 0 Å². The molecule has 0 spiro atoms. The molecule has 0 saturated carbocycles. The third-order valence-corrected chi connectivity index (χ3v) is 1.43. The molecule has 0 bridgehead atoms. The van der Waals surface area contributed by atoms with E-state index in [1.165, 1.54) is 6.92 Å². The monoisotopic (exact) mass is 217 g/mol. The van der Waals surface area contributed by atoms with Crippen LogP contribution in [0.5, 0.6) is 0 Å². The first-order valence-corrected chi connectivity index (χ1v) is 4.10. The Bertz CT molecular complexity index is 270. The van der Waals surface area contributed by atoms with Gasteiger partial charge in [0.1, 0.15) is 12.2 Å². The molecule has 0 aromatic heterocycles. The van der Waals surface area contributed by atoms with Crippen LogP contribution in [0, 0.1) is 0 Å². The molecule has 1 rings (SSSR count). The second-order valence-corrected chi connectivity index (χ2v) is 2.87. The molecule has 1 fully saturated rings. The summed E-state index contributed by atoms with van der Waals surface area (Å²) in [5, 5.41) is 16.4. The van der Waals surface area contributed by atoms with Crippen molar-refractivity contribution in [2.45, 2.75) is 26.2 Å². The van der Waals surface area contributed by atoms with Gasteiger partial charge in [0.25, 0.3) is 11.8 Å². The van der Waals surface area contributed by atoms with Crippen molar-refractivity contribution in [3.05, 3.63) is 0 Å². The van der Waals surface area contributed by atoms with Gasteiger partial charge in [0.05, 0.1) is 0 Å².